The second-order valence-electron chi connectivity index (χ2n) is 9.06. The van der Waals surface area contributed by atoms with Gasteiger partial charge < -0.3 is 19.6 Å². The number of fused-ring (bicyclic) bond motifs is 1. The maximum absolute atomic E-state index is 12.6. The number of likely N-dealkylation sites (tertiary alicyclic amines) is 1. The minimum atomic E-state index is -0.508. The first-order valence-corrected chi connectivity index (χ1v) is 11.2. The van der Waals surface area contributed by atoms with Crippen LogP contribution in [-0.4, -0.2) is 60.4 Å². The van der Waals surface area contributed by atoms with Crippen molar-refractivity contribution in [2.75, 3.05) is 33.4 Å². The van der Waals surface area contributed by atoms with Crippen molar-refractivity contribution in [3.8, 4) is 0 Å². The Labute approximate surface area is 194 Å². The molecular weight excluding hydrogens is 434 g/mol. The van der Waals surface area contributed by atoms with Crippen LogP contribution in [0.25, 0.3) is 11.1 Å². The molecule has 1 aliphatic heterocycles. The second kappa shape index (κ2) is 10.4. The summed E-state index contributed by atoms with van der Waals surface area (Å²) in [5.74, 6) is -0.873. The van der Waals surface area contributed by atoms with Gasteiger partial charge in [-0.15, -0.1) is 12.4 Å². The van der Waals surface area contributed by atoms with E-state index in [0.29, 0.717) is 36.0 Å². The average molecular weight is 468 g/mol. The summed E-state index contributed by atoms with van der Waals surface area (Å²) in [4.78, 5) is 26.7. The summed E-state index contributed by atoms with van der Waals surface area (Å²) in [6.45, 7) is 5.53. The molecule has 2 heterocycles. The summed E-state index contributed by atoms with van der Waals surface area (Å²) < 4.78 is 18.1. The summed E-state index contributed by atoms with van der Waals surface area (Å²) in [5.41, 5.74) is 7.13. The summed E-state index contributed by atoms with van der Waals surface area (Å²) in [5, 5.41) is 0. The Morgan fingerprint density at radius 2 is 1.88 bits per heavy atom. The molecule has 1 aliphatic carbocycles. The minimum Gasteiger partial charge on any atom is -0.408 e. The van der Waals surface area contributed by atoms with Crippen molar-refractivity contribution in [3.05, 3.63) is 34.3 Å². The summed E-state index contributed by atoms with van der Waals surface area (Å²) in [6.07, 6.45) is 6.45. The molecule has 1 saturated heterocycles. The number of aromatic nitrogens is 1. The smallest absolute Gasteiger partial charge is 0.408 e. The Hall–Kier alpha value is -1.87. The minimum absolute atomic E-state index is 0. The number of nitrogens with zero attached hydrogens (tertiary/aromatic N) is 2. The topological polar surface area (TPSA) is 99.9 Å². The molecule has 2 aliphatic rings. The van der Waals surface area contributed by atoms with Gasteiger partial charge in [0.2, 0.25) is 5.91 Å². The zero-order chi connectivity index (χ0) is 22.0. The maximum atomic E-state index is 12.6. The van der Waals surface area contributed by atoms with Crippen LogP contribution >= 0.6 is 12.4 Å². The van der Waals surface area contributed by atoms with Crippen LogP contribution in [-0.2, 0) is 9.47 Å². The molecule has 1 amide bonds. The molecule has 1 aromatic carbocycles. The molecule has 8 nitrogen and oxygen atoms in total. The molecule has 0 atom stereocenters. The number of rotatable bonds is 7. The SMILES string of the molecule is COCCOC1CCC(C)(N2CCC(n3c(=O)oc4ccc(C(N)=O)cc43)CC2)CC1.Cl. The molecule has 2 N–H and O–H groups in total. The van der Waals surface area contributed by atoms with Crippen LogP contribution in [0, 0.1) is 0 Å². The van der Waals surface area contributed by atoms with Gasteiger partial charge in [-0.25, -0.2) is 4.79 Å². The van der Waals surface area contributed by atoms with Crippen molar-refractivity contribution in [1.82, 2.24) is 9.47 Å². The molecule has 4 rings (SSSR count). The number of nitrogens with two attached hydrogens (primary N) is 1. The molecule has 0 unspecified atom stereocenters. The molecule has 2 fully saturated rings. The van der Waals surface area contributed by atoms with Crippen LogP contribution in [0.4, 0.5) is 0 Å². The second-order valence-corrected chi connectivity index (χ2v) is 9.06. The van der Waals surface area contributed by atoms with E-state index in [0.717, 1.165) is 51.6 Å². The number of primary amides is 1. The van der Waals surface area contributed by atoms with E-state index in [9.17, 15) is 9.59 Å². The summed E-state index contributed by atoms with van der Waals surface area (Å²) in [6, 6.07) is 4.97. The molecule has 32 heavy (non-hydrogen) atoms. The van der Waals surface area contributed by atoms with E-state index >= 15 is 0 Å². The van der Waals surface area contributed by atoms with Crippen LogP contribution in [0.3, 0.4) is 0 Å². The van der Waals surface area contributed by atoms with Crippen LogP contribution in [0.15, 0.2) is 27.4 Å². The fourth-order valence-electron chi connectivity index (χ4n) is 5.19. The number of hydrogen-bond donors (Lipinski definition) is 1. The van der Waals surface area contributed by atoms with E-state index in [1.54, 1.807) is 29.9 Å². The highest BCUT2D eigenvalue weighted by Crippen LogP contribution is 2.38. The number of benzene rings is 1. The Balaban J connectivity index is 0.00000289. The molecular formula is C23H34ClN3O5. The van der Waals surface area contributed by atoms with Gasteiger partial charge in [0.05, 0.1) is 24.8 Å². The Kier molecular flexibility index (Phi) is 8.03. The molecule has 178 valence electrons. The quantitative estimate of drug-likeness (QED) is 0.628. The Bertz CT molecular complexity index is 972. The molecule has 1 saturated carbocycles. The molecule has 0 spiro atoms. The highest BCUT2D eigenvalue weighted by atomic mass is 35.5. The Morgan fingerprint density at radius 1 is 1.19 bits per heavy atom. The normalized spacial score (nSPS) is 25.0. The highest BCUT2D eigenvalue weighted by molar-refractivity contribution is 5.96. The first kappa shape index (κ1) is 24.8. The molecule has 0 radical (unpaired) electrons. The van der Waals surface area contributed by atoms with E-state index in [4.69, 9.17) is 19.6 Å². The van der Waals surface area contributed by atoms with E-state index in [1.165, 1.54) is 0 Å². The van der Waals surface area contributed by atoms with Crippen molar-refractivity contribution >= 4 is 29.4 Å². The highest BCUT2D eigenvalue weighted by Gasteiger charge is 2.38. The number of carbonyl (C=O) groups excluding carboxylic acids is 1. The lowest BCUT2D eigenvalue weighted by Gasteiger charge is -2.48. The standard InChI is InChI=1S/C23H33N3O5.ClH/c1-23(9-5-18(6-10-23)30-14-13-29-2)25-11-7-17(8-12-25)26-19-15-16(21(24)27)3-4-20(19)31-22(26)28;/h3-4,15,17-18H,5-14H2,1-2H3,(H2,24,27);1H. The third kappa shape index (κ3) is 5.03. The van der Waals surface area contributed by atoms with Gasteiger partial charge in [0.25, 0.3) is 0 Å². The number of hydrogen-bond acceptors (Lipinski definition) is 6. The van der Waals surface area contributed by atoms with Crippen molar-refractivity contribution in [3.63, 3.8) is 0 Å². The van der Waals surface area contributed by atoms with Gasteiger partial charge >= 0.3 is 5.76 Å². The number of methoxy groups -OCH3 is 1. The zero-order valence-electron chi connectivity index (χ0n) is 18.9. The predicted molar refractivity (Wildman–Crippen MR) is 125 cm³/mol. The average Bonchev–Trinajstić information content (AvgIpc) is 3.10. The molecule has 9 heteroatoms. The van der Waals surface area contributed by atoms with Crippen LogP contribution in [0.5, 0.6) is 0 Å². The first-order chi connectivity index (χ1) is 14.9. The van der Waals surface area contributed by atoms with Gasteiger partial charge in [-0.1, -0.05) is 0 Å². The molecule has 1 aromatic heterocycles. The van der Waals surface area contributed by atoms with Gasteiger partial charge in [0, 0.05) is 37.3 Å². The first-order valence-electron chi connectivity index (χ1n) is 11.2. The summed E-state index contributed by atoms with van der Waals surface area (Å²) in [7, 11) is 1.70. The fourth-order valence-corrected chi connectivity index (χ4v) is 5.19. The zero-order valence-corrected chi connectivity index (χ0v) is 19.7. The van der Waals surface area contributed by atoms with Crippen LogP contribution in [0.1, 0.15) is 61.8 Å². The van der Waals surface area contributed by atoms with E-state index in [2.05, 4.69) is 11.8 Å². The number of carbonyl (C=O) groups is 1. The van der Waals surface area contributed by atoms with Gasteiger partial charge in [-0.3, -0.25) is 14.3 Å². The van der Waals surface area contributed by atoms with Crippen molar-refractivity contribution in [2.24, 2.45) is 5.73 Å². The van der Waals surface area contributed by atoms with E-state index < -0.39 is 5.91 Å². The monoisotopic (exact) mass is 467 g/mol. The van der Waals surface area contributed by atoms with Gasteiger partial charge in [0.15, 0.2) is 5.58 Å². The number of ether oxygens (including phenoxy) is 2. The van der Waals surface area contributed by atoms with E-state index in [1.807, 2.05) is 0 Å². The summed E-state index contributed by atoms with van der Waals surface area (Å²) >= 11 is 0. The van der Waals surface area contributed by atoms with Gasteiger partial charge in [0.1, 0.15) is 0 Å². The van der Waals surface area contributed by atoms with Crippen molar-refractivity contribution < 1.29 is 18.7 Å². The third-order valence-electron chi connectivity index (χ3n) is 7.14. The number of piperidine rings is 1. The van der Waals surface area contributed by atoms with Gasteiger partial charge in [-0.05, 0) is 63.6 Å². The van der Waals surface area contributed by atoms with Gasteiger partial charge in [-0.2, -0.15) is 0 Å². The predicted octanol–water partition coefficient (Wildman–Crippen LogP) is 3.12. The maximum Gasteiger partial charge on any atom is 0.420 e. The number of amides is 1. The van der Waals surface area contributed by atoms with Crippen molar-refractivity contribution in [2.45, 2.75) is 63.1 Å². The van der Waals surface area contributed by atoms with Crippen LogP contribution < -0.4 is 11.5 Å². The fraction of sp³-hybridized carbons (Fsp3) is 0.652. The Morgan fingerprint density at radius 3 is 2.50 bits per heavy atom. The van der Waals surface area contributed by atoms with E-state index in [-0.39, 0.29) is 29.7 Å². The largest absolute Gasteiger partial charge is 0.420 e. The lowest BCUT2D eigenvalue weighted by Crippen LogP contribution is -2.53. The third-order valence-corrected chi connectivity index (χ3v) is 7.14. The number of halogens is 1. The molecule has 2 aromatic rings. The van der Waals surface area contributed by atoms with Crippen LogP contribution in [0.2, 0.25) is 0 Å². The number of oxazole rings is 1. The molecule has 0 bridgehead atoms. The van der Waals surface area contributed by atoms with Crippen molar-refractivity contribution in [1.29, 1.82) is 0 Å². The lowest BCUT2D eigenvalue weighted by atomic mass is 9.79. The lowest BCUT2D eigenvalue weighted by molar-refractivity contribution is -0.0419.